The normalized spacial score (nSPS) is 10.3. The summed E-state index contributed by atoms with van der Waals surface area (Å²) in [6.45, 7) is 0.532. The van der Waals surface area contributed by atoms with Crippen molar-refractivity contribution in [1.82, 2.24) is 24.7 Å². The van der Waals surface area contributed by atoms with Gasteiger partial charge in [-0.15, -0.1) is 0 Å². The minimum Gasteiger partial charge on any atom is -0.357 e. The molecule has 0 unspecified atom stereocenters. The van der Waals surface area contributed by atoms with E-state index in [9.17, 15) is 0 Å². The Morgan fingerprint density at radius 3 is 2.71 bits per heavy atom. The van der Waals surface area contributed by atoms with Crippen LogP contribution in [0.25, 0.3) is 0 Å². The third-order valence-corrected chi connectivity index (χ3v) is 2.20. The van der Waals surface area contributed by atoms with Crippen LogP contribution in [-0.4, -0.2) is 31.8 Å². The summed E-state index contributed by atoms with van der Waals surface area (Å²) in [5.41, 5.74) is 0.898. The highest BCUT2D eigenvalue weighted by Crippen LogP contribution is 2.09. The van der Waals surface area contributed by atoms with Gasteiger partial charge in [-0.1, -0.05) is 0 Å². The number of hydrogen-bond acceptors (Lipinski definition) is 6. The predicted octanol–water partition coefficient (Wildman–Crippen LogP) is 0.912. The van der Waals surface area contributed by atoms with E-state index in [0.29, 0.717) is 18.4 Å². The fourth-order valence-corrected chi connectivity index (χ4v) is 1.43. The maximum absolute atomic E-state index is 5.75. The summed E-state index contributed by atoms with van der Waals surface area (Å²) in [6, 6.07) is 1.91. The van der Waals surface area contributed by atoms with E-state index in [4.69, 9.17) is 11.6 Å². The molecular formula is C9H12ClN7. The van der Waals surface area contributed by atoms with Gasteiger partial charge in [0.25, 0.3) is 0 Å². The third kappa shape index (κ3) is 3.04. The minimum atomic E-state index is 0.146. The van der Waals surface area contributed by atoms with E-state index in [1.807, 2.05) is 19.3 Å². The van der Waals surface area contributed by atoms with Gasteiger partial charge in [-0.05, 0) is 17.7 Å². The zero-order chi connectivity index (χ0) is 12.3. The van der Waals surface area contributed by atoms with Gasteiger partial charge in [-0.3, -0.25) is 4.68 Å². The molecule has 7 nitrogen and oxygen atoms in total. The molecule has 0 amide bonds. The largest absolute Gasteiger partial charge is 0.357 e. The van der Waals surface area contributed by atoms with E-state index in [1.54, 1.807) is 11.7 Å². The number of halogens is 1. The molecule has 0 aliphatic rings. The van der Waals surface area contributed by atoms with E-state index >= 15 is 0 Å². The van der Waals surface area contributed by atoms with Gasteiger partial charge in [-0.25, -0.2) is 0 Å². The van der Waals surface area contributed by atoms with Gasteiger partial charge in [-0.2, -0.15) is 20.1 Å². The van der Waals surface area contributed by atoms with Crippen molar-refractivity contribution in [2.75, 3.05) is 17.7 Å². The number of rotatable bonds is 4. The summed E-state index contributed by atoms with van der Waals surface area (Å²) < 4.78 is 1.73. The van der Waals surface area contributed by atoms with Crippen LogP contribution in [0.5, 0.6) is 0 Å². The van der Waals surface area contributed by atoms with E-state index in [1.165, 1.54) is 0 Å². The van der Waals surface area contributed by atoms with Crippen LogP contribution in [0.1, 0.15) is 5.69 Å². The molecule has 0 aliphatic carbocycles. The topological polar surface area (TPSA) is 80.5 Å². The summed E-state index contributed by atoms with van der Waals surface area (Å²) in [5, 5.41) is 10.2. The molecule has 0 fully saturated rings. The van der Waals surface area contributed by atoms with Crippen LogP contribution in [0.3, 0.4) is 0 Å². The molecule has 2 N–H and O–H groups in total. The zero-order valence-corrected chi connectivity index (χ0v) is 10.2. The van der Waals surface area contributed by atoms with Crippen molar-refractivity contribution in [2.24, 2.45) is 7.05 Å². The van der Waals surface area contributed by atoms with Gasteiger partial charge in [0.1, 0.15) is 0 Å². The molecule has 0 aliphatic heterocycles. The molecule has 2 aromatic heterocycles. The lowest BCUT2D eigenvalue weighted by molar-refractivity contribution is 0.746. The van der Waals surface area contributed by atoms with Crippen LogP contribution in [0.4, 0.5) is 11.9 Å². The first-order chi connectivity index (χ1) is 8.17. The van der Waals surface area contributed by atoms with E-state index < -0.39 is 0 Å². The summed E-state index contributed by atoms with van der Waals surface area (Å²) in [4.78, 5) is 12.0. The van der Waals surface area contributed by atoms with Crippen LogP contribution < -0.4 is 10.6 Å². The lowest BCUT2D eigenvalue weighted by Gasteiger charge is -2.04. The van der Waals surface area contributed by atoms with E-state index in [-0.39, 0.29) is 5.28 Å². The quantitative estimate of drug-likeness (QED) is 0.843. The highest BCUT2D eigenvalue weighted by Gasteiger charge is 2.04. The number of hydrogen-bond donors (Lipinski definition) is 2. The van der Waals surface area contributed by atoms with Crippen LogP contribution in [0.2, 0.25) is 5.28 Å². The van der Waals surface area contributed by atoms with Crippen molar-refractivity contribution in [2.45, 2.75) is 6.54 Å². The smallest absolute Gasteiger partial charge is 0.229 e. The van der Waals surface area contributed by atoms with Crippen LogP contribution in [0.15, 0.2) is 12.3 Å². The van der Waals surface area contributed by atoms with Gasteiger partial charge < -0.3 is 10.6 Å². The van der Waals surface area contributed by atoms with Gasteiger partial charge in [0.15, 0.2) is 0 Å². The molecule has 0 radical (unpaired) electrons. The van der Waals surface area contributed by atoms with Crippen LogP contribution >= 0.6 is 11.6 Å². The second kappa shape index (κ2) is 4.96. The average Bonchev–Trinajstić information content (AvgIpc) is 2.72. The second-order valence-electron chi connectivity index (χ2n) is 3.34. The van der Waals surface area contributed by atoms with Crippen LogP contribution in [-0.2, 0) is 13.6 Å². The van der Waals surface area contributed by atoms with Crippen molar-refractivity contribution in [1.29, 1.82) is 0 Å². The molecule has 0 atom stereocenters. The SMILES string of the molecule is CNc1nc(Cl)nc(NCc2ccn(C)n2)n1. The van der Waals surface area contributed by atoms with Gasteiger partial charge >= 0.3 is 0 Å². The van der Waals surface area contributed by atoms with Crippen molar-refractivity contribution < 1.29 is 0 Å². The second-order valence-corrected chi connectivity index (χ2v) is 3.67. The first kappa shape index (κ1) is 11.6. The standard InChI is InChI=1S/C9H12ClN7/c1-11-8-13-7(10)14-9(15-8)12-5-6-3-4-17(2)16-6/h3-4H,5H2,1-2H3,(H2,11,12,13,14,15). The maximum Gasteiger partial charge on any atom is 0.229 e. The first-order valence-electron chi connectivity index (χ1n) is 4.99. The molecule has 90 valence electrons. The highest BCUT2D eigenvalue weighted by molar-refractivity contribution is 6.28. The van der Waals surface area contributed by atoms with Gasteiger partial charge in [0, 0.05) is 20.3 Å². The molecule has 2 rings (SSSR count). The van der Waals surface area contributed by atoms with Crippen molar-refractivity contribution >= 4 is 23.5 Å². The summed E-state index contributed by atoms with van der Waals surface area (Å²) in [7, 11) is 3.58. The van der Waals surface area contributed by atoms with Crippen molar-refractivity contribution in [3.8, 4) is 0 Å². The Morgan fingerprint density at radius 1 is 1.29 bits per heavy atom. The molecular weight excluding hydrogens is 242 g/mol. The molecule has 2 aromatic rings. The summed E-state index contributed by atoms with van der Waals surface area (Å²) in [5.74, 6) is 0.841. The lowest BCUT2D eigenvalue weighted by atomic mass is 10.4. The predicted molar refractivity (Wildman–Crippen MR) is 64.9 cm³/mol. The first-order valence-corrected chi connectivity index (χ1v) is 5.37. The van der Waals surface area contributed by atoms with Crippen molar-refractivity contribution in [3.63, 3.8) is 0 Å². The third-order valence-electron chi connectivity index (χ3n) is 2.03. The molecule has 17 heavy (non-hydrogen) atoms. The molecule has 0 aromatic carbocycles. The van der Waals surface area contributed by atoms with E-state index in [2.05, 4.69) is 30.7 Å². The Kier molecular flexibility index (Phi) is 3.38. The Hall–Kier alpha value is -1.89. The van der Waals surface area contributed by atoms with Gasteiger partial charge in [0.05, 0.1) is 12.2 Å². The fraction of sp³-hybridized carbons (Fsp3) is 0.333. The van der Waals surface area contributed by atoms with Crippen LogP contribution in [0, 0.1) is 0 Å². The van der Waals surface area contributed by atoms with Gasteiger partial charge in [0.2, 0.25) is 17.2 Å². The minimum absolute atomic E-state index is 0.146. The number of aromatic nitrogens is 5. The Labute approximate surface area is 103 Å². The monoisotopic (exact) mass is 253 g/mol. The Morgan fingerprint density at radius 2 is 2.06 bits per heavy atom. The molecule has 0 spiro atoms. The Balaban J connectivity index is 2.05. The average molecular weight is 254 g/mol. The molecule has 0 saturated heterocycles. The summed E-state index contributed by atoms with van der Waals surface area (Å²) in [6.07, 6.45) is 1.87. The Bertz CT molecular complexity index is 510. The molecule has 2 heterocycles. The fourth-order valence-electron chi connectivity index (χ4n) is 1.27. The lowest BCUT2D eigenvalue weighted by Crippen LogP contribution is -2.07. The number of nitrogens with one attached hydrogen (secondary N) is 2. The zero-order valence-electron chi connectivity index (χ0n) is 9.48. The molecule has 8 heteroatoms. The number of anilines is 2. The maximum atomic E-state index is 5.75. The van der Waals surface area contributed by atoms with Crippen molar-refractivity contribution in [3.05, 3.63) is 23.2 Å². The highest BCUT2D eigenvalue weighted by atomic mass is 35.5. The molecule has 0 saturated carbocycles. The summed E-state index contributed by atoms with van der Waals surface area (Å²) >= 11 is 5.75. The molecule has 0 bridgehead atoms. The number of nitrogens with zero attached hydrogens (tertiary/aromatic N) is 5. The number of aryl methyl sites for hydroxylation is 1. The van der Waals surface area contributed by atoms with E-state index in [0.717, 1.165) is 5.69 Å².